The Morgan fingerprint density at radius 2 is 1.80 bits per heavy atom. The first-order chi connectivity index (χ1) is 16.9. The normalized spacial score (nSPS) is 18.1. The third-order valence-electron chi connectivity index (χ3n) is 6.47. The molecule has 1 aromatic carbocycles. The number of piperidine rings is 1. The van der Waals surface area contributed by atoms with Crippen molar-refractivity contribution >= 4 is 17.4 Å². The molecular formula is C23H26F3N7O2. The molecule has 0 spiro atoms. The molecule has 5 rings (SSSR count). The van der Waals surface area contributed by atoms with Crippen molar-refractivity contribution in [2.75, 3.05) is 50.8 Å². The number of piperazine rings is 1. The summed E-state index contributed by atoms with van der Waals surface area (Å²) in [5.41, 5.74) is 1.28. The molecule has 4 heterocycles. The highest BCUT2D eigenvalue weighted by Gasteiger charge is 2.38. The smallest absolute Gasteiger partial charge is 0.453 e. The van der Waals surface area contributed by atoms with Gasteiger partial charge in [-0.25, -0.2) is 0 Å². The fourth-order valence-corrected chi connectivity index (χ4v) is 4.58. The van der Waals surface area contributed by atoms with Crippen LogP contribution in [0.4, 0.5) is 19.0 Å². The summed E-state index contributed by atoms with van der Waals surface area (Å²) in [6, 6.07) is 11.3. The van der Waals surface area contributed by atoms with Crippen molar-refractivity contribution in [3.8, 4) is 5.75 Å². The minimum atomic E-state index is -4.61. The number of fused-ring (bicyclic) bond motifs is 1. The van der Waals surface area contributed by atoms with Crippen molar-refractivity contribution in [1.82, 2.24) is 30.0 Å². The van der Waals surface area contributed by atoms with Crippen LogP contribution >= 0.6 is 0 Å². The largest absolute Gasteiger partial charge is 0.492 e. The molecule has 0 unspecified atom stereocenters. The van der Waals surface area contributed by atoms with Crippen LogP contribution in [0.25, 0.3) is 5.65 Å². The summed E-state index contributed by atoms with van der Waals surface area (Å²) in [5, 5.41) is 13.8. The van der Waals surface area contributed by atoms with Crippen molar-refractivity contribution in [2.45, 2.75) is 24.9 Å². The van der Waals surface area contributed by atoms with E-state index in [2.05, 4.69) is 37.6 Å². The van der Waals surface area contributed by atoms with E-state index in [9.17, 15) is 18.0 Å². The van der Waals surface area contributed by atoms with Crippen LogP contribution in [0.2, 0.25) is 0 Å². The van der Waals surface area contributed by atoms with Gasteiger partial charge in [0.2, 0.25) is 5.91 Å². The zero-order valence-electron chi connectivity index (χ0n) is 19.0. The lowest BCUT2D eigenvalue weighted by atomic mass is 9.89. The number of benzene rings is 1. The molecule has 0 atom stereocenters. The van der Waals surface area contributed by atoms with E-state index >= 15 is 0 Å². The first-order valence-corrected chi connectivity index (χ1v) is 11.6. The molecule has 0 radical (unpaired) electrons. The Bertz CT molecular complexity index is 1170. The van der Waals surface area contributed by atoms with Crippen molar-refractivity contribution in [3.05, 3.63) is 47.8 Å². The molecule has 35 heavy (non-hydrogen) atoms. The van der Waals surface area contributed by atoms with Gasteiger partial charge in [0.15, 0.2) is 5.65 Å². The molecule has 1 amide bonds. The monoisotopic (exact) mass is 489 g/mol. The Kier molecular flexibility index (Phi) is 6.46. The summed E-state index contributed by atoms with van der Waals surface area (Å²) in [5.74, 6) is 0.563. The minimum Gasteiger partial charge on any atom is -0.492 e. The van der Waals surface area contributed by atoms with Gasteiger partial charge < -0.3 is 15.0 Å². The third-order valence-corrected chi connectivity index (χ3v) is 6.47. The highest BCUT2D eigenvalue weighted by molar-refractivity contribution is 5.78. The number of halogens is 3. The molecule has 1 N–H and O–H groups in total. The average molecular weight is 490 g/mol. The quantitative estimate of drug-likeness (QED) is 0.569. The van der Waals surface area contributed by atoms with Crippen LogP contribution in [0.1, 0.15) is 30.1 Å². The first-order valence-electron chi connectivity index (χ1n) is 11.6. The van der Waals surface area contributed by atoms with E-state index in [1.54, 1.807) is 6.07 Å². The number of carbonyl (C=O) groups excluding carboxylic acids is 1. The van der Waals surface area contributed by atoms with Gasteiger partial charge in [0, 0.05) is 32.7 Å². The van der Waals surface area contributed by atoms with E-state index in [0.717, 1.165) is 29.7 Å². The predicted octanol–water partition coefficient (Wildman–Crippen LogP) is 2.34. The zero-order chi connectivity index (χ0) is 24.4. The lowest BCUT2D eigenvalue weighted by Gasteiger charge is -2.33. The van der Waals surface area contributed by atoms with E-state index in [0.29, 0.717) is 51.1 Å². The number of ether oxygens (including phenoxy) is 1. The topological polar surface area (TPSA) is 87.9 Å². The van der Waals surface area contributed by atoms with E-state index in [4.69, 9.17) is 4.74 Å². The van der Waals surface area contributed by atoms with Crippen molar-refractivity contribution < 1.29 is 22.7 Å². The molecule has 0 bridgehead atoms. The molecule has 9 nitrogen and oxygen atoms in total. The van der Waals surface area contributed by atoms with Gasteiger partial charge in [-0.3, -0.25) is 9.69 Å². The van der Waals surface area contributed by atoms with Crippen molar-refractivity contribution in [2.24, 2.45) is 0 Å². The van der Waals surface area contributed by atoms with E-state index in [1.807, 2.05) is 17.0 Å². The van der Waals surface area contributed by atoms with Gasteiger partial charge in [-0.15, -0.1) is 15.3 Å². The van der Waals surface area contributed by atoms with Crippen LogP contribution in [-0.2, 0) is 11.0 Å². The molecule has 12 heteroatoms. The minimum absolute atomic E-state index is 0.0489. The summed E-state index contributed by atoms with van der Waals surface area (Å²) < 4.78 is 46.1. The molecule has 2 saturated heterocycles. The van der Waals surface area contributed by atoms with E-state index in [1.165, 1.54) is 11.6 Å². The summed E-state index contributed by atoms with van der Waals surface area (Å²) >= 11 is 0. The van der Waals surface area contributed by atoms with Gasteiger partial charge in [-0.2, -0.15) is 17.7 Å². The Hall–Kier alpha value is -3.41. The van der Waals surface area contributed by atoms with Gasteiger partial charge in [-0.05, 0) is 48.6 Å². The number of amides is 1. The standard InChI is InChI=1S/C23H26F3N7O2/c24-23(25,26)22-29-28-19-5-6-20(30-33(19)22)32-10-7-17(8-11-32)16-1-3-18(4-2-16)35-14-13-31-12-9-27-21(34)15-31/h1-6,17H,7-15H2,(H,27,34). The molecule has 0 saturated carbocycles. The van der Waals surface area contributed by atoms with Gasteiger partial charge in [0.05, 0.1) is 6.54 Å². The second-order valence-corrected chi connectivity index (χ2v) is 8.79. The number of anilines is 1. The molecule has 2 aliphatic heterocycles. The Labute approximate surface area is 199 Å². The van der Waals surface area contributed by atoms with Gasteiger partial charge >= 0.3 is 6.18 Å². The number of aromatic nitrogens is 4. The number of hydrogen-bond acceptors (Lipinski definition) is 7. The van der Waals surface area contributed by atoms with E-state index < -0.39 is 12.0 Å². The average Bonchev–Trinajstić information content (AvgIpc) is 3.29. The lowest BCUT2D eigenvalue weighted by Crippen LogP contribution is -2.48. The number of nitrogens with one attached hydrogen (secondary N) is 1. The van der Waals surface area contributed by atoms with Crippen LogP contribution in [0.3, 0.4) is 0 Å². The number of hydrogen-bond donors (Lipinski definition) is 1. The van der Waals surface area contributed by atoms with Gasteiger partial charge in [-0.1, -0.05) is 12.1 Å². The molecule has 2 aromatic heterocycles. The van der Waals surface area contributed by atoms with Crippen molar-refractivity contribution in [1.29, 1.82) is 0 Å². The predicted molar refractivity (Wildman–Crippen MR) is 121 cm³/mol. The Morgan fingerprint density at radius 1 is 1.03 bits per heavy atom. The summed E-state index contributed by atoms with van der Waals surface area (Å²) in [7, 11) is 0. The number of rotatable bonds is 6. The van der Waals surface area contributed by atoms with Crippen molar-refractivity contribution in [3.63, 3.8) is 0 Å². The molecule has 186 valence electrons. The van der Waals surface area contributed by atoms with Crippen LogP contribution < -0.4 is 15.0 Å². The molecule has 0 aliphatic carbocycles. The molecular weight excluding hydrogens is 463 g/mol. The maximum Gasteiger partial charge on any atom is 0.453 e. The van der Waals surface area contributed by atoms with Crippen LogP contribution in [0, 0.1) is 0 Å². The summed E-state index contributed by atoms with van der Waals surface area (Å²) in [6.45, 7) is 4.51. The second kappa shape index (κ2) is 9.68. The van der Waals surface area contributed by atoms with Crippen LogP contribution in [-0.4, -0.2) is 76.5 Å². The second-order valence-electron chi connectivity index (χ2n) is 8.79. The van der Waals surface area contributed by atoms with Gasteiger partial charge in [0.25, 0.3) is 5.82 Å². The zero-order valence-corrected chi connectivity index (χ0v) is 19.0. The SMILES string of the molecule is O=C1CN(CCOc2ccc(C3CCN(c4ccc5nnc(C(F)(F)F)n5n4)CC3)cc2)CCN1. The van der Waals surface area contributed by atoms with Crippen LogP contribution in [0.15, 0.2) is 36.4 Å². The highest BCUT2D eigenvalue weighted by atomic mass is 19.4. The van der Waals surface area contributed by atoms with E-state index in [-0.39, 0.29) is 11.6 Å². The summed E-state index contributed by atoms with van der Waals surface area (Å²) in [4.78, 5) is 15.5. The maximum atomic E-state index is 13.2. The Balaban J connectivity index is 1.14. The number of alkyl halides is 3. The van der Waals surface area contributed by atoms with Crippen LogP contribution in [0.5, 0.6) is 5.75 Å². The Morgan fingerprint density at radius 3 is 2.51 bits per heavy atom. The molecule has 3 aromatic rings. The molecule has 2 aliphatic rings. The van der Waals surface area contributed by atoms with Gasteiger partial charge in [0.1, 0.15) is 18.2 Å². The maximum absolute atomic E-state index is 13.2. The molecule has 2 fully saturated rings. The highest BCUT2D eigenvalue weighted by Crippen LogP contribution is 2.32. The lowest BCUT2D eigenvalue weighted by molar-refractivity contribution is -0.146. The number of nitrogens with zero attached hydrogens (tertiary/aromatic N) is 6. The number of carbonyl (C=O) groups is 1. The summed E-state index contributed by atoms with van der Waals surface area (Å²) in [6.07, 6.45) is -2.88. The first kappa shape index (κ1) is 23.3. The third kappa shape index (κ3) is 5.31. The fourth-order valence-electron chi connectivity index (χ4n) is 4.58. The fraction of sp³-hybridized carbons (Fsp3) is 0.478.